The molecule has 0 heterocycles. The third kappa shape index (κ3) is 7.32. The summed E-state index contributed by atoms with van der Waals surface area (Å²) in [6.07, 6.45) is 10.4. The Morgan fingerprint density at radius 1 is 0.892 bits per heavy atom. The molecule has 4 saturated carbocycles. The molecule has 2 aromatic rings. The van der Waals surface area contributed by atoms with E-state index in [1.54, 1.807) is 0 Å². The van der Waals surface area contributed by atoms with Crippen LogP contribution in [0.15, 0.2) is 77.4 Å². The number of rotatable bonds is 3. The van der Waals surface area contributed by atoms with E-state index >= 15 is 0 Å². The van der Waals surface area contributed by atoms with Gasteiger partial charge in [-0.1, -0.05) is 105 Å². The molecule has 4 fully saturated rings. The molecule has 5 aliphatic carbocycles. The molecule has 195 valence electrons. The molecule has 1 radical (unpaired) electrons. The maximum Gasteiger partial charge on any atom is 0.103 e. The van der Waals surface area contributed by atoms with Crippen molar-refractivity contribution in [3.63, 3.8) is 0 Å². The molecule has 4 heteroatoms. The molecule has 1 N–H and O–H groups in total. The summed E-state index contributed by atoms with van der Waals surface area (Å²) in [5, 5.41) is 2.90. The Labute approximate surface area is 246 Å². The van der Waals surface area contributed by atoms with Crippen molar-refractivity contribution in [2.24, 2.45) is 28.6 Å². The minimum Gasteiger partial charge on any atom is -0.667 e. The molecule has 37 heavy (non-hydrogen) atoms. The van der Waals surface area contributed by atoms with Crippen LogP contribution in [0.5, 0.6) is 0 Å². The van der Waals surface area contributed by atoms with Crippen LogP contribution >= 0.6 is 0 Å². The van der Waals surface area contributed by atoms with E-state index in [9.17, 15) is 4.79 Å². The molecule has 1 amide bonds. The van der Waals surface area contributed by atoms with Crippen molar-refractivity contribution < 1.29 is 30.6 Å². The standard InChI is InChI=1S/C12H19NO.C12H11Si.C9H13.Hf/c1-11-3-8-2-9(4-11)6-12(5-8,7-11)10(13)14;1-3-7-11(8-4-1)13-12-9-5-2-6-10-12;1-6-5-7(2)9(4)8(6)3;/h8-9H,2-7H2,1H3,(H2,13,14);1-10,13H;6H,1-4H3;/q;;-1;/p-1. The predicted octanol–water partition coefficient (Wildman–Crippen LogP) is 6.97. The van der Waals surface area contributed by atoms with Gasteiger partial charge in [0, 0.05) is 31.3 Å². The molecule has 5 aliphatic rings. The average Bonchev–Trinajstić information content (AvgIpc) is 3.05. The fourth-order valence-electron chi connectivity index (χ4n) is 7.44. The van der Waals surface area contributed by atoms with E-state index in [2.05, 4.69) is 101 Å². The second kappa shape index (κ2) is 12.6. The number of carbonyl (C=O) groups excluding carboxylic acids is 1. The van der Waals surface area contributed by atoms with Gasteiger partial charge in [0.15, 0.2) is 0 Å². The van der Waals surface area contributed by atoms with Crippen molar-refractivity contribution in [1.82, 2.24) is 0 Å². The van der Waals surface area contributed by atoms with Crippen molar-refractivity contribution >= 4 is 25.8 Å². The maximum absolute atomic E-state index is 11.5. The second-order valence-electron chi connectivity index (χ2n) is 12.1. The molecule has 0 spiro atoms. The van der Waals surface area contributed by atoms with Gasteiger partial charge in [-0.15, -0.1) is 6.92 Å². The van der Waals surface area contributed by atoms with Gasteiger partial charge in [0.25, 0.3) is 0 Å². The summed E-state index contributed by atoms with van der Waals surface area (Å²) < 4.78 is 0. The zero-order valence-electron chi connectivity index (χ0n) is 23.2. The van der Waals surface area contributed by atoms with Crippen LogP contribution < -0.4 is 10.4 Å². The summed E-state index contributed by atoms with van der Waals surface area (Å²) in [4.78, 5) is 11.5. The van der Waals surface area contributed by atoms with E-state index in [1.807, 2.05) is 0 Å². The number of nitrogens with one attached hydrogen (secondary N) is 1. The Balaban J connectivity index is 0.000000156. The predicted molar refractivity (Wildman–Crippen MR) is 154 cm³/mol. The molecule has 2 nitrogen and oxygen atoms in total. The van der Waals surface area contributed by atoms with E-state index in [-0.39, 0.29) is 46.7 Å². The van der Waals surface area contributed by atoms with Crippen LogP contribution in [0.1, 0.15) is 73.1 Å². The molecule has 0 saturated heterocycles. The van der Waals surface area contributed by atoms with Gasteiger partial charge in [0.1, 0.15) is 9.52 Å². The smallest absolute Gasteiger partial charge is 0.103 e. The number of benzene rings is 2. The van der Waals surface area contributed by atoms with Gasteiger partial charge in [-0.25, -0.2) is 5.57 Å². The maximum atomic E-state index is 11.5. The van der Waals surface area contributed by atoms with Crippen LogP contribution in [-0.2, 0) is 30.6 Å². The van der Waals surface area contributed by atoms with E-state index in [0.717, 1.165) is 31.1 Å². The first-order valence-electron chi connectivity index (χ1n) is 13.6. The van der Waals surface area contributed by atoms with E-state index in [4.69, 9.17) is 5.73 Å². The van der Waals surface area contributed by atoms with E-state index < -0.39 is 0 Å². The normalized spacial score (nSPS) is 30.8. The van der Waals surface area contributed by atoms with Crippen LogP contribution in [0.3, 0.4) is 0 Å². The van der Waals surface area contributed by atoms with Crippen LogP contribution in [-0.4, -0.2) is 15.4 Å². The fraction of sp³-hybridized carbons (Fsp3) is 0.485. The van der Waals surface area contributed by atoms with Gasteiger partial charge in [-0.05, 0) is 55.8 Å². The summed E-state index contributed by atoms with van der Waals surface area (Å²) in [6.45, 7) is 11.0. The quantitative estimate of drug-likeness (QED) is 0.256. The van der Waals surface area contributed by atoms with Gasteiger partial charge in [0.2, 0.25) is 0 Å². The van der Waals surface area contributed by atoms with Gasteiger partial charge >= 0.3 is 0 Å². The number of hydrogen-bond donors (Lipinski definition) is 0. The van der Waals surface area contributed by atoms with Crippen molar-refractivity contribution in [2.45, 2.75) is 73.1 Å². The van der Waals surface area contributed by atoms with E-state index in [0.29, 0.717) is 11.3 Å². The molecular weight excluding hydrogens is 633 g/mol. The summed E-state index contributed by atoms with van der Waals surface area (Å²) in [6, 6.07) is 21.3. The largest absolute Gasteiger partial charge is 0.667 e. The Hall–Kier alpha value is -1.52. The molecule has 2 aromatic carbocycles. The molecular formula is C33H42HfNOSi-2. The Morgan fingerprint density at radius 2 is 1.38 bits per heavy atom. The topological polar surface area (TPSA) is 40.9 Å². The molecule has 3 atom stereocenters. The Morgan fingerprint density at radius 3 is 1.70 bits per heavy atom. The molecule has 3 unspecified atom stereocenters. The van der Waals surface area contributed by atoms with Crippen LogP contribution in [0.25, 0.3) is 5.73 Å². The van der Waals surface area contributed by atoms with Gasteiger partial charge < -0.3 is 10.5 Å². The first kappa shape index (κ1) is 30.0. The van der Waals surface area contributed by atoms with Gasteiger partial charge in [-0.2, -0.15) is 11.1 Å². The minimum absolute atomic E-state index is 0. The van der Waals surface area contributed by atoms with Crippen LogP contribution in [0.4, 0.5) is 0 Å². The summed E-state index contributed by atoms with van der Waals surface area (Å²) in [5.74, 6) is 1.81. The zero-order chi connectivity index (χ0) is 25.9. The Kier molecular flexibility index (Phi) is 10.2. The monoisotopic (exact) mass is 676 g/mol. The molecule has 0 aromatic heterocycles. The molecule has 4 bridgehead atoms. The van der Waals surface area contributed by atoms with Crippen molar-refractivity contribution in [3.05, 3.63) is 89.2 Å². The third-order valence-corrected chi connectivity index (χ3v) is 10.4. The fourth-order valence-corrected chi connectivity index (χ4v) is 8.65. The first-order chi connectivity index (χ1) is 17.1. The summed E-state index contributed by atoms with van der Waals surface area (Å²) in [7, 11) is 0.271. The van der Waals surface area contributed by atoms with Crippen molar-refractivity contribution in [2.75, 3.05) is 0 Å². The average molecular weight is 675 g/mol. The second-order valence-corrected chi connectivity index (χ2v) is 13.8. The van der Waals surface area contributed by atoms with Gasteiger partial charge in [0.05, 0.1) is 5.91 Å². The number of allylic oxidation sites excluding steroid dienone is 4. The molecule has 7 rings (SSSR count). The van der Waals surface area contributed by atoms with Crippen LogP contribution in [0, 0.1) is 34.7 Å². The minimum atomic E-state index is -0.266. The number of hydrogen-bond acceptors (Lipinski definition) is 1. The van der Waals surface area contributed by atoms with E-state index in [1.165, 1.54) is 46.4 Å². The third-order valence-electron chi connectivity index (χ3n) is 9.00. The summed E-state index contributed by atoms with van der Waals surface area (Å²) in [5.41, 5.74) is 11.9. The number of amides is 1. The van der Waals surface area contributed by atoms with Crippen molar-refractivity contribution in [3.8, 4) is 0 Å². The first-order valence-corrected chi connectivity index (χ1v) is 14.7. The van der Waals surface area contributed by atoms with Crippen LogP contribution in [0.2, 0.25) is 0 Å². The number of carbonyl (C=O) groups is 1. The summed E-state index contributed by atoms with van der Waals surface area (Å²) >= 11 is 0. The zero-order valence-corrected chi connectivity index (χ0v) is 28.0. The van der Waals surface area contributed by atoms with Crippen molar-refractivity contribution in [1.29, 1.82) is 0 Å². The van der Waals surface area contributed by atoms with Gasteiger partial charge in [-0.3, -0.25) is 6.08 Å². The Bertz CT molecular complexity index is 1070. The molecule has 0 aliphatic heterocycles. The SMILES string of the molecule is CC12CC3CC(C1)CC(C([NH-])=O)(C3)C2.CC1=[C-]C(C)C(C)=C1C.[Hf].c1ccc([SiH]c2ccccc2)cc1.